The largest absolute Gasteiger partial charge is 0.287 e. The van der Waals surface area contributed by atoms with Crippen LogP contribution in [0.15, 0.2) is 60.9 Å². The van der Waals surface area contributed by atoms with Crippen molar-refractivity contribution in [1.29, 1.82) is 0 Å². The third-order valence-corrected chi connectivity index (χ3v) is 5.03. The van der Waals surface area contributed by atoms with Crippen molar-refractivity contribution < 1.29 is 0 Å². The molecule has 0 spiro atoms. The highest BCUT2D eigenvalue weighted by molar-refractivity contribution is 6.34. The van der Waals surface area contributed by atoms with Crippen molar-refractivity contribution in [2.24, 2.45) is 0 Å². The number of rotatable bonds is 4. The van der Waals surface area contributed by atoms with Crippen LogP contribution in [0, 0.1) is 0 Å². The van der Waals surface area contributed by atoms with E-state index < -0.39 is 0 Å². The Morgan fingerprint density at radius 3 is 2.27 bits per heavy atom. The summed E-state index contributed by atoms with van der Waals surface area (Å²) in [6.45, 7) is 4.28. The van der Waals surface area contributed by atoms with Crippen molar-refractivity contribution in [3.63, 3.8) is 0 Å². The molecule has 26 heavy (non-hydrogen) atoms. The number of hydrogen-bond acceptors (Lipinski definition) is 2. The summed E-state index contributed by atoms with van der Waals surface area (Å²) in [6.07, 6.45) is 3.67. The lowest BCUT2D eigenvalue weighted by atomic mass is 10.0. The number of fused-ring (bicyclic) bond motifs is 1. The number of nitrogens with zero attached hydrogens (tertiary/aromatic N) is 3. The molecule has 2 aromatic heterocycles. The standard InChI is InChI=1S/C22H20ClN3/c1-3-18-19(4-2)26(14-24-18)22-17-13-9-8-12-16(17)20(21(23)25-22)15-10-6-5-7-11-15/h5-14H,3-4H2,1-2H3. The molecule has 0 N–H and O–H groups in total. The lowest BCUT2D eigenvalue weighted by molar-refractivity contribution is 0.891. The van der Waals surface area contributed by atoms with Crippen molar-refractivity contribution in [3.05, 3.63) is 77.5 Å². The number of halogens is 1. The maximum atomic E-state index is 6.68. The van der Waals surface area contributed by atoms with Crippen molar-refractivity contribution in [1.82, 2.24) is 14.5 Å². The van der Waals surface area contributed by atoms with Crippen LogP contribution >= 0.6 is 11.6 Å². The number of pyridine rings is 1. The van der Waals surface area contributed by atoms with E-state index in [-0.39, 0.29) is 0 Å². The second-order valence-electron chi connectivity index (χ2n) is 6.23. The van der Waals surface area contributed by atoms with E-state index in [9.17, 15) is 0 Å². The molecule has 0 amide bonds. The first-order valence-corrected chi connectivity index (χ1v) is 9.31. The van der Waals surface area contributed by atoms with Crippen LogP contribution < -0.4 is 0 Å². The molecular weight excluding hydrogens is 342 g/mol. The average Bonchev–Trinajstić information content (AvgIpc) is 3.11. The van der Waals surface area contributed by atoms with Gasteiger partial charge in [-0.05, 0) is 23.8 Å². The van der Waals surface area contributed by atoms with Crippen molar-refractivity contribution in [3.8, 4) is 16.9 Å². The zero-order valence-corrected chi connectivity index (χ0v) is 15.7. The van der Waals surface area contributed by atoms with Crippen LogP contribution in [-0.4, -0.2) is 14.5 Å². The van der Waals surface area contributed by atoms with Crippen LogP contribution in [-0.2, 0) is 12.8 Å². The van der Waals surface area contributed by atoms with Crippen molar-refractivity contribution in [2.45, 2.75) is 26.7 Å². The topological polar surface area (TPSA) is 30.7 Å². The summed E-state index contributed by atoms with van der Waals surface area (Å²) in [7, 11) is 0. The second-order valence-corrected chi connectivity index (χ2v) is 6.59. The normalized spacial score (nSPS) is 11.2. The van der Waals surface area contributed by atoms with Crippen molar-refractivity contribution in [2.75, 3.05) is 0 Å². The molecule has 0 aliphatic heterocycles. The third-order valence-electron chi connectivity index (χ3n) is 4.76. The fourth-order valence-electron chi connectivity index (χ4n) is 3.54. The number of imidazole rings is 1. The van der Waals surface area contributed by atoms with E-state index in [2.05, 4.69) is 47.7 Å². The Morgan fingerprint density at radius 2 is 1.58 bits per heavy atom. The Morgan fingerprint density at radius 1 is 0.885 bits per heavy atom. The Bertz CT molecular complexity index is 1070. The monoisotopic (exact) mass is 361 g/mol. The molecule has 3 nitrogen and oxygen atoms in total. The van der Waals surface area contributed by atoms with Gasteiger partial charge < -0.3 is 0 Å². The Kier molecular flexibility index (Phi) is 4.48. The maximum Gasteiger partial charge on any atom is 0.147 e. The van der Waals surface area contributed by atoms with Crippen LogP contribution in [0.2, 0.25) is 5.15 Å². The molecule has 0 saturated carbocycles. The van der Waals surface area contributed by atoms with Gasteiger partial charge in [0.2, 0.25) is 0 Å². The van der Waals surface area contributed by atoms with E-state index in [4.69, 9.17) is 16.6 Å². The van der Waals surface area contributed by atoms with Gasteiger partial charge in [-0.25, -0.2) is 9.97 Å². The van der Waals surface area contributed by atoms with E-state index >= 15 is 0 Å². The predicted molar refractivity (Wildman–Crippen MR) is 108 cm³/mol. The van der Waals surface area contributed by atoms with Gasteiger partial charge in [-0.2, -0.15) is 0 Å². The smallest absolute Gasteiger partial charge is 0.147 e. The highest BCUT2D eigenvalue weighted by Crippen LogP contribution is 2.36. The molecule has 4 aromatic rings. The van der Waals surface area contributed by atoms with Crippen LogP contribution in [0.5, 0.6) is 0 Å². The minimum Gasteiger partial charge on any atom is -0.287 e. The van der Waals surface area contributed by atoms with Crippen LogP contribution in [0.4, 0.5) is 0 Å². The first-order valence-electron chi connectivity index (χ1n) is 8.93. The number of benzene rings is 2. The molecule has 0 radical (unpaired) electrons. The Labute approximate surface area is 158 Å². The molecule has 2 heterocycles. The first kappa shape index (κ1) is 16.8. The summed E-state index contributed by atoms with van der Waals surface area (Å²) >= 11 is 6.68. The molecule has 0 unspecified atom stereocenters. The van der Waals surface area contributed by atoms with Crippen molar-refractivity contribution >= 4 is 22.4 Å². The third kappa shape index (κ3) is 2.69. The van der Waals surface area contributed by atoms with Gasteiger partial charge in [-0.1, -0.05) is 80.0 Å². The summed E-state index contributed by atoms with van der Waals surface area (Å²) in [5.74, 6) is 0.842. The molecule has 4 heteroatoms. The molecule has 0 aliphatic rings. The first-order chi connectivity index (χ1) is 12.7. The Hall–Kier alpha value is -2.65. The number of aromatic nitrogens is 3. The van der Waals surface area contributed by atoms with Gasteiger partial charge in [0.1, 0.15) is 17.3 Å². The van der Waals surface area contributed by atoms with Gasteiger partial charge in [0.15, 0.2) is 0 Å². The molecule has 0 saturated heterocycles. The van der Waals surface area contributed by atoms with Gasteiger partial charge in [0, 0.05) is 16.6 Å². The minimum atomic E-state index is 0.513. The molecule has 2 aromatic carbocycles. The fraction of sp³-hybridized carbons (Fsp3) is 0.182. The SMILES string of the molecule is CCc1ncn(-c2nc(Cl)c(-c3ccccc3)c3ccccc23)c1CC. The average molecular weight is 362 g/mol. The number of hydrogen-bond donors (Lipinski definition) is 0. The summed E-state index contributed by atoms with van der Waals surface area (Å²) in [4.78, 5) is 9.37. The second kappa shape index (κ2) is 6.93. The van der Waals surface area contributed by atoms with E-state index in [0.29, 0.717) is 5.15 Å². The number of aryl methyl sites for hydroxylation is 1. The Balaban J connectivity index is 2.04. The highest BCUT2D eigenvalue weighted by atomic mass is 35.5. The summed E-state index contributed by atoms with van der Waals surface area (Å²) in [6, 6.07) is 18.5. The minimum absolute atomic E-state index is 0.513. The molecular formula is C22H20ClN3. The molecule has 130 valence electrons. The quantitative estimate of drug-likeness (QED) is 0.426. The van der Waals surface area contributed by atoms with Gasteiger partial charge in [-0.3, -0.25) is 4.57 Å². The summed E-state index contributed by atoms with van der Waals surface area (Å²) in [5.41, 5.74) is 4.35. The fourth-order valence-corrected chi connectivity index (χ4v) is 3.83. The van der Waals surface area contributed by atoms with Gasteiger partial charge >= 0.3 is 0 Å². The van der Waals surface area contributed by atoms with Crippen LogP contribution in [0.25, 0.3) is 27.7 Å². The van der Waals surface area contributed by atoms with E-state index in [1.165, 1.54) is 5.69 Å². The highest BCUT2D eigenvalue weighted by Gasteiger charge is 2.18. The van der Waals surface area contributed by atoms with E-state index in [1.54, 1.807) is 0 Å². The summed E-state index contributed by atoms with van der Waals surface area (Å²) in [5, 5.41) is 2.69. The molecule has 4 rings (SSSR count). The van der Waals surface area contributed by atoms with Gasteiger partial charge in [0.25, 0.3) is 0 Å². The van der Waals surface area contributed by atoms with Gasteiger partial charge in [-0.15, -0.1) is 0 Å². The molecule has 0 aliphatic carbocycles. The molecule has 0 atom stereocenters. The van der Waals surface area contributed by atoms with Crippen LogP contribution in [0.3, 0.4) is 0 Å². The van der Waals surface area contributed by atoms with E-state index in [0.717, 1.165) is 46.3 Å². The summed E-state index contributed by atoms with van der Waals surface area (Å²) < 4.78 is 2.09. The zero-order valence-electron chi connectivity index (χ0n) is 14.9. The zero-order chi connectivity index (χ0) is 18.1. The maximum absolute atomic E-state index is 6.68. The molecule has 0 bridgehead atoms. The lowest BCUT2D eigenvalue weighted by Crippen LogP contribution is -2.04. The predicted octanol–water partition coefficient (Wildman–Crippen LogP) is 5.87. The van der Waals surface area contributed by atoms with E-state index in [1.807, 2.05) is 36.7 Å². The van der Waals surface area contributed by atoms with Gasteiger partial charge in [0.05, 0.1) is 5.69 Å². The molecule has 0 fully saturated rings. The lowest BCUT2D eigenvalue weighted by Gasteiger charge is -2.15. The van der Waals surface area contributed by atoms with Crippen LogP contribution in [0.1, 0.15) is 25.2 Å².